The maximum absolute atomic E-state index is 12.9. The molecule has 0 spiro atoms. The first-order valence-corrected chi connectivity index (χ1v) is 12.2. The number of anilines is 2. The number of rotatable bonds is 4. The fourth-order valence-corrected chi connectivity index (χ4v) is 6.46. The number of carbonyl (C=O) groups is 1. The molecule has 2 aliphatic rings. The van der Waals surface area contributed by atoms with E-state index in [1.807, 2.05) is 17.0 Å². The van der Waals surface area contributed by atoms with Gasteiger partial charge in [-0.15, -0.1) is 16.4 Å². The van der Waals surface area contributed by atoms with Crippen LogP contribution in [0.3, 0.4) is 0 Å². The van der Waals surface area contributed by atoms with E-state index in [0.29, 0.717) is 25.3 Å². The van der Waals surface area contributed by atoms with Crippen LogP contribution in [0.4, 0.5) is 11.5 Å². The number of nitriles is 1. The third-order valence-corrected chi connectivity index (χ3v) is 8.24. The Morgan fingerprint density at radius 1 is 1.33 bits per heavy atom. The van der Waals surface area contributed by atoms with Crippen LogP contribution in [0.15, 0.2) is 18.5 Å². The lowest BCUT2D eigenvalue weighted by Gasteiger charge is -2.38. The van der Waals surface area contributed by atoms with E-state index in [0.717, 1.165) is 44.8 Å². The average Bonchev–Trinajstić information content (AvgIpc) is 3.41. The Morgan fingerprint density at radius 3 is 3.03 bits per heavy atom. The minimum absolute atomic E-state index is 0.0155. The fraction of sp³-hybridized carbons (Fsp3) is 0.364. The number of thiophene rings is 1. The first-order chi connectivity index (χ1) is 16.1. The summed E-state index contributed by atoms with van der Waals surface area (Å²) in [5.41, 5.74) is 2.81. The number of benzene rings is 1. The molecule has 1 N–H and O–H groups in total. The number of aryl methyl sites for hydroxylation is 1. The van der Waals surface area contributed by atoms with Crippen LogP contribution in [0.25, 0.3) is 20.4 Å². The normalized spacial score (nSPS) is 18.1. The number of amides is 1. The Kier molecular flexibility index (Phi) is 4.85. The van der Waals surface area contributed by atoms with Crippen LogP contribution in [0, 0.1) is 23.2 Å². The lowest BCUT2D eigenvalue weighted by atomic mass is 9.85. The van der Waals surface area contributed by atoms with Crippen molar-refractivity contribution in [1.82, 2.24) is 24.5 Å². The summed E-state index contributed by atoms with van der Waals surface area (Å²) < 4.78 is 10.5. The SMILES string of the molecule is COc1cc2nnsc2cc1Nc1ncnc2sc3c(c12)CC[C@H](C(=O)N1CC(C#N)C1)C3. The van der Waals surface area contributed by atoms with Crippen molar-refractivity contribution >= 4 is 60.7 Å². The lowest BCUT2D eigenvalue weighted by molar-refractivity contribution is -0.141. The first kappa shape index (κ1) is 20.3. The van der Waals surface area contributed by atoms with Crippen LogP contribution in [-0.2, 0) is 17.6 Å². The molecule has 0 bridgehead atoms. The fourth-order valence-electron chi connectivity index (χ4n) is 4.62. The quantitative estimate of drug-likeness (QED) is 0.474. The van der Waals surface area contributed by atoms with Gasteiger partial charge in [-0.05, 0) is 42.4 Å². The molecule has 4 aromatic rings. The van der Waals surface area contributed by atoms with Crippen molar-refractivity contribution in [3.8, 4) is 11.8 Å². The number of ether oxygens (including phenoxy) is 1. The summed E-state index contributed by atoms with van der Waals surface area (Å²) in [6.07, 6.45) is 3.88. The van der Waals surface area contributed by atoms with Gasteiger partial charge in [0.1, 0.15) is 28.2 Å². The summed E-state index contributed by atoms with van der Waals surface area (Å²) in [6.45, 7) is 1.12. The largest absolute Gasteiger partial charge is 0.494 e. The molecular weight excluding hydrogens is 458 g/mol. The zero-order valence-corrected chi connectivity index (χ0v) is 19.4. The number of nitrogens with zero attached hydrogens (tertiary/aromatic N) is 6. The molecular formula is C22H19N7O2S2. The molecule has 0 saturated carbocycles. The van der Waals surface area contributed by atoms with Crippen molar-refractivity contribution < 1.29 is 9.53 Å². The number of hydrogen-bond donors (Lipinski definition) is 1. The van der Waals surface area contributed by atoms with Gasteiger partial charge >= 0.3 is 0 Å². The maximum Gasteiger partial charge on any atom is 0.226 e. The van der Waals surface area contributed by atoms with Crippen LogP contribution < -0.4 is 10.1 Å². The number of aromatic nitrogens is 4. The molecule has 1 aromatic carbocycles. The minimum Gasteiger partial charge on any atom is -0.494 e. The summed E-state index contributed by atoms with van der Waals surface area (Å²) in [6, 6.07) is 6.08. The summed E-state index contributed by atoms with van der Waals surface area (Å²) in [7, 11) is 1.63. The van der Waals surface area contributed by atoms with Crippen molar-refractivity contribution in [2.75, 3.05) is 25.5 Å². The second kappa shape index (κ2) is 7.90. The molecule has 33 heavy (non-hydrogen) atoms. The molecule has 11 heteroatoms. The molecule has 1 aliphatic heterocycles. The summed E-state index contributed by atoms with van der Waals surface area (Å²) in [5, 5.41) is 17.6. The molecule has 4 heterocycles. The van der Waals surface area contributed by atoms with Gasteiger partial charge in [0.05, 0.1) is 34.9 Å². The van der Waals surface area contributed by atoms with Crippen molar-refractivity contribution in [3.05, 3.63) is 28.9 Å². The van der Waals surface area contributed by atoms with Crippen molar-refractivity contribution in [2.24, 2.45) is 11.8 Å². The van der Waals surface area contributed by atoms with Crippen molar-refractivity contribution in [2.45, 2.75) is 19.3 Å². The van der Waals surface area contributed by atoms with Gasteiger partial charge in [0.15, 0.2) is 0 Å². The van der Waals surface area contributed by atoms with Crippen LogP contribution in [0.5, 0.6) is 5.75 Å². The Morgan fingerprint density at radius 2 is 2.21 bits per heavy atom. The van der Waals surface area contributed by atoms with Gasteiger partial charge in [-0.25, -0.2) is 9.97 Å². The predicted molar refractivity (Wildman–Crippen MR) is 126 cm³/mol. The first-order valence-electron chi connectivity index (χ1n) is 10.7. The van der Waals surface area contributed by atoms with E-state index in [2.05, 4.69) is 30.9 Å². The van der Waals surface area contributed by atoms with Crippen LogP contribution in [0.2, 0.25) is 0 Å². The number of fused-ring (bicyclic) bond motifs is 4. The zero-order valence-electron chi connectivity index (χ0n) is 17.7. The van der Waals surface area contributed by atoms with Crippen LogP contribution >= 0.6 is 22.9 Å². The highest BCUT2D eigenvalue weighted by Gasteiger charge is 2.37. The molecule has 0 radical (unpaired) electrons. The second-order valence-electron chi connectivity index (χ2n) is 8.33. The highest BCUT2D eigenvalue weighted by molar-refractivity contribution is 7.19. The molecule has 0 unspecified atom stereocenters. The van der Waals surface area contributed by atoms with Gasteiger partial charge in [-0.1, -0.05) is 4.49 Å². The Bertz CT molecular complexity index is 1430. The van der Waals surface area contributed by atoms with Crippen LogP contribution in [-0.4, -0.2) is 50.6 Å². The zero-order chi connectivity index (χ0) is 22.5. The molecule has 1 amide bonds. The van der Waals surface area contributed by atoms with Gasteiger partial charge in [0.2, 0.25) is 5.91 Å². The minimum atomic E-state index is -0.0316. The third-order valence-electron chi connectivity index (χ3n) is 6.39. The smallest absolute Gasteiger partial charge is 0.226 e. The number of carbonyl (C=O) groups excluding carboxylic acids is 1. The van der Waals surface area contributed by atoms with E-state index in [1.165, 1.54) is 22.0 Å². The lowest BCUT2D eigenvalue weighted by Crippen LogP contribution is -2.52. The molecule has 1 saturated heterocycles. The van der Waals surface area contributed by atoms with Gasteiger partial charge in [-0.3, -0.25) is 4.79 Å². The molecule has 9 nitrogen and oxygen atoms in total. The van der Waals surface area contributed by atoms with Gasteiger partial charge in [0.25, 0.3) is 0 Å². The Balaban J connectivity index is 1.31. The van der Waals surface area contributed by atoms with E-state index in [9.17, 15) is 4.79 Å². The highest BCUT2D eigenvalue weighted by Crippen LogP contribution is 2.42. The summed E-state index contributed by atoms with van der Waals surface area (Å²) in [5.74, 6) is 1.53. The Labute approximate surface area is 197 Å². The molecule has 166 valence electrons. The maximum atomic E-state index is 12.9. The Hall–Kier alpha value is -3.36. The number of nitrogens with one attached hydrogen (secondary N) is 1. The van der Waals surface area contributed by atoms with E-state index in [1.54, 1.807) is 24.8 Å². The number of methoxy groups -OCH3 is 1. The van der Waals surface area contributed by atoms with Gasteiger partial charge < -0.3 is 15.0 Å². The van der Waals surface area contributed by atoms with Crippen molar-refractivity contribution in [1.29, 1.82) is 5.26 Å². The van der Waals surface area contributed by atoms with E-state index >= 15 is 0 Å². The average molecular weight is 478 g/mol. The molecule has 1 atom stereocenters. The molecule has 3 aromatic heterocycles. The third kappa shape index (κ3) is 3.37. The molecule has 1 fully saturated rings. The summed E-state index contributed by atoms with van der Waals surface area (Å²) in [4.78, 5) is 25.9. The number of hydrogen-bond acceptors (Lipinski definition) is 10. The van der Waals surface area contributed by atoms with Gasteiger partial charge in [-0.2, -0.15) is 5.26 Å². The van der Waals surface area contributed by atoms with Crippen molar-refractivity contribution in [3.63, 3.8) is 0 Å². The molecule has 6 rings (SSSR count). The van der Waals surface area contributed by atoms with E-state index in [4.69, 9.17) is 10.00 Å². The van der Waals surface area contributed by atoms with Gasteiger partial charge in [0, 0.05) is 30.0 Å². The highest BCUT2D eigenvalue weighted by atomic mass is 32.1. The summed E-state index contributed by atoms with van der Waals surface area (Å²) >= 11 is 2.97. The monoisotopic (exact) mass is 477 g/mol. The van der Waals surface area contributed by atoms with E-state index < -0.39 is 0 Å². The number of likely N-dealkylation sites (tertiary alicyclic amines) is 1. The predicted octanol–water partition coefficient (Wildman–Crippen LogP) is 3.54. The molecule has 1 aliphatic carbocycles. The van der Waals surface area contributed by atoms with Crippen LogP contribution in [0.1, 0.15) is 16.9 Å². The topological polar surface area (TPSA) is 117 Å². The second-order valence-corrected chi connectivity index (χ2v) is 10.2. The van der Waals surface area contributed by atoms with E-state index in [-0.39, 0.29) is 17.7 Å². The standard InChI is InChI=1S/C22H19N7O2S2/c1-31-16-5-15-18(33-28-27-15)6-14(16)26-20-19-13-3-2-12(22(30)29-8-11(7-23)9-29)4-17(13)32-21(19)25-10-24-20/h5-6,10-12H,2-4,8-9H2,1H3,(H,24,25,26)/t12-/m0/s1.